The summed E-state index contributed by atoms with van der Waals surface area (Å²) in [5.41, 5.74) is 5.96. The summed E-state index contributed by atoms with van der Waals surface area (Å²) in [6, 6.07) is 0.263. The van der Waals surface area contributed by atoms with E-state index in [0.29, 0.717) is 18.7 Å². The molecular weight excluding hydrogens is 166 g/mol. The van der Waals surface area contributed by atoms with E-state index in [4.69, 9.17) is 5.73 Å². The Morgan fingerprint density at radius 3 is 2.92 bits per heavy atom. The number of Topliss-reactive ketones (excluding diaryl/α,β-unsaturated/α-hetero) is 1. The van der Waals surface area contributed by atoms with Crippen LogP contribution in [0.2, 0.25) is 0 Å². The fourth-order valence-electron chi connectivity index (χ4n) is 1.19. The summed E-state index contributed by atoms with van der Waals surface area (Å²) in [7, 11) is 0. The largest absolute Gasteiger partial charge is 0.330 e. The van der Waals surface area contributed by atoms with Crippen molar-refractivity contribution in [1.29, 1.82) is 0 Å². The minimum Gasteiger partial charge on any atom is -0.330 e. The monoisotopic (exact) mass is 181 g/mol. The lowest BCUT2D eigenvalue weighted by Gasteiger charge is -2.09. The summed E-state index contributed by atoms with van der Waals surface area (Å²) < 4.78 is 1.86. The number of ketones is 1. The molecule has 0 saturated heterocycles. The number of nitrogens with zero attached hydrogens (tertiary/aromatic N) is 2. The van der Waals surface area contributed by atoms with Crippen LogP contribution in [-0.2, 0) is 0 Å². The Balaban J connectivity index is 2.87. The highest BCUT2D eigenvalue weighted by Gasteiger charge is 2.12. The van der Waals surface area contributed by atoms with Gasteiger partial charge in [0.2, 0.25) is 0 Å². The van der Waals surface area contributed by atoms with Gasteiger partial charge in [-0.25, -0.2) is 4.98 Å². The fraction of sp³-hybridized carbons (Fsp3) is 0.556. The Labute approximate surface area is 77.8 Å². The summed E-state index contributed by atoms with van der Waals surface area (Å²) in [5.74, 6) is 0.0636. The van der Waals surface area contributed by atoms with Crippen LogP contribution in [0.25, 0.3) is 0 Å². The molecule has 1 aromatic heterocycles. The van der Waals surface area contributed by atoms with Crippen LogP contribution in [-0.4, -0.2) is 21.9 Å². The molecule has 0 spiro atoms. The topological polar surface area (TPSA) is 60.9 Å². The van der Waals surface area contributed by atoms with Gasteiger partial charge < -0.3 is 10.3 Å². The number of aromatic nitrogens is 2. The molecule has 1 rings (SSSR count). The predicted molar refractivity (Wildman–Crippen MR) is 50.6 cm³/mol. The Kier molecular flexibility index (Phi) is 3.19. The van der Waals surface area contributed by atoms with Gasteiger partial charge in [0.15, 0.2) is 5.78 Å². The predicted octanol–water partition coefficient (Wildman–Crippen LogP) is 0.996. The normalized spacial score (nSPS) is 10.8. The molecule has 1 aromatic rings. The summed E-state index contributed by atoms with van der Waals surface area (Å²) in [5, 5.41) is 0. The zero-order valence-corrected chi connectivity index (χ0v) is 8.03. The molecular formula is C9H15N3O. The number of imidazole rings is 1. The van der Waals surface area contributed by atoms with Crippen LogP contribution >= 0.6 is 0 Å². The van der Waals surface area contributed by atoms with Crippen LogP contribution in [0.15, 0.2) is 12.5 Å². The maximum atomic E-state index is 11.5. The third-order valence-corrected chi connectivity index (χ3v) is 1.88. The summed E-state index contributed by atoms with van der Waals surface area (Å²) >= 11 is 0. The van der Waals surface area contributed by atoms with Crippen LogP contribution in [0.5, 0.6) is 0 Å². The van der Waals surface area contributed by atoms with Crippen LogP contribution in [0, 0.1) is 0 Å². The first-order valence-electron chi connectivity index (χ1n) is 4.42. The number of hydrogen-bond acceptors (Lipinski definition) is 3. The Bertz CT molecular complexity index is 291. The van der Waals surface area contributed by atoms with Gasteiger partial charge in [-0.2, -0.15) is 0 Å². The van der Waals surface area contributed by atoms with Gasteiger partial charge >= 0.3 is 0 Å². The maximum absolute atomic E-state index is 11.5. The quantitative estimate of drug-likeness (QED) is 0.705. The van der Waals surface area contributed by atoms with Gasteiger partial charge in [0.1, 0.15) is 5.69 Å². The smallest absolute Gasteiger partial charge is 0.182 e. The van der Waals surface area contributed by atoms with E-state index in [1.165, 1.54) is 0 Å². The first-order chi connectivity index (χ1) is 6.16. The first-order valence-corrected chi connectivity index (χ1v) is 4.42. The number of carbonyl (C=O) groups is 1. The molecule has 0 bridgehead atoms. The van der Waals surface area contributed by atoms with E-state index < -0.39 is 0 Å². The van der Waals surface area contributed by atoms with Gasteiger partial charge in [-0.1, -0.05) is 0 Å². The highest BCUT2D eigenvalue weighted by molar-refractivity contribution is 5.94. The number of rotatable bonds is 4. The van der Waals surface area contributed by atoms with Crippen molar-refractivity contribution in [2.24, 2.45) is 5.73 Å². The van der Waals surface area contributed by atoms with E-state index in [2.05, 4.69) is 4.98 Å². The maximum Gasteiger partial charge on any atom is 0.182 e. The van der Waals surface area contributed by atoms with Crippen molar-refractivity contribution in [1.82, 2.24) is 9.55 Å². The van der Waals surface area contributed by atoms with Crippen molar-refractivity contribution in [2.45, 2.75) is 26.3 Å². The molecule has 0 aliphatic rings. The van der Waals surface area contributed by atoms with E-state index in [-0.39, 0.29) is 11.8 Å². The minimum atomic E-state index is 0.0636. The number of carbonyl (C=O) groups excluding carboxylic acids is 1. The molecule has 0 fully saturated rings. The molecule has 0 unspecified atom stereocenters. The van der Waals surface area contributed by atoms with Crippen LogP contribution < -0.4 is 5.73 Å². The van der Waals surface area contributed by atoms with Crippen LogP contribution in [0.3, 0.4) is 0 Å². The van der Waals surface area contributed by atoms with Crippen molar-refractivity contribution in [2.75, 3.05) is 6.54 Å². The van der Waals surface area contributed by atoms with E-state index in [1.807, 2.05) is 18.4 Å². The second-order valence-electron chi connectivity index (χ2n) is 3.24. The van der Waals surface area contributed by atoms with Crippen molar-refractivity contribution < 1.29 is 4.79 Å². The van der Waals surface area contributed by atoms with Crippen molar-refractivity contribution in [3.05, 3.63) is 18.2 Å². The van der Waals surface area contributed by atoms with Gasteiger partial charge in [-0.3, -0.25) is 4.79 Å². The zero-order valence-electron chi connectivity index (χ0n) is 8.03. The lowest BCUT2D eigenvalue weighted by Crippen LogP contribution is -2.13. The van der Waals surface area contributed by atoms with Gasteiger partial charge in [0.25, 0.3) is 0 Å². The Hall–Kier alpha value is -1.16. The van der Waals surface area contributed by atoms with E-state index in [0.717, 1.165) is 0 Å². The Morgan fingerprint density at radius 1 is 1.69 bits per heavy atom. The lowest BCUT2D eigenvalue weighted by molar-refractivity contribution is 0.0975. The highest BCUT2D eigenvalue weighted by Crippen LogP contribution is 2.10. The lowest BCUT2D eigenvalue weighted by atomic mass is 10.2. The molecule has 13 heavy (non-hydrogen) atoms. The van der Waals surface area contributed by atoms with Gasteiger partial charge in [0.05, 0.1) is 12.5 Å². The van der Waals surface area contributed by atoms with Crippen LogP contribution in [0.4, 0.5) is 0 Å². The summed E-state index contributed by atoms with van der Waals surface area (Å²) in [6.07, 6.45) is 3.66. The molecule has 72 valence electrons. The highest BCUT2D eigenvalue weighted by atomic mass is 16.1. The van der Waals surface area contributed by atoms with Gasteiger partial charge in [-0.05, 0) is 20.4 Å². The van der Waals surface area contributed by atoms with E-state index in [1.54, 1.807) is 12.5 Å². The van der Waals surface area contributed by atoms with Gasteiger partial charge in [-0.15, -0.1) is 0 Å². The molecule has 0 aliphatic heterocycles. The number of nitrogens with two attached hydrogens (primary N) is 1. The summed E-state index contributed by atoms with van der Waals surface area (Å²) in [6.45, 7) is 4.42. The second kappa shape index (κ2) is 4.18. The van der Waals surface area contributed by atoms with Crippen molar-refractivity contribution in [3.8, 4) is 0 Å². The zero-order chi connectivity index (χ0) is 9.84. The molecule has 4 heteroatoms. The van der Waals surface area contributed by atoms with E-state index >= 15 is 0 Å². The molecule has 4 nitrogen and oxygen atoms in total. The molecule has 0 saturated carbocycles. The Morgan fingerprint density at radius 2 is 2.38 bits per heavy atom. The SMILES string of the molecule is CC(C)n1cncc1C(=O)CCN. The average Bonchev–Trinajstić information content (AvgIpc) is 2.52. The second-order valence-corrected chi connectivity index (χ2v) is 3.24. The molecule has 2 N–H and O–H groups in total. The number of hydrogen-bond donors (Lipinski definition) is 1. The molecule has 0 aliphatic carbocycles. The van der Waals surface area contributed by atoms with Crippen molar-refractivity contribution in [3.63, 3.8) is 0 Å². The molecule has 0 aromatic carbocycles. The minimum absolute atomic E-state index is 0.0636. The van der Waals surface area contributed by atoms with E-state index in [9.17, 15) is 4.79 Å². The van der Waals surface area contributed by atoms with Crippen molar-refractivity contribution >= 4 is 5.78 Å². The first kappa shape index (κ1) is 9.92. The van der Waals surface area contributed by atoms with Gasteiger partial charge in [0, 0.05) is 12.5 Å². The molecule has 0 atom stereocenters. The molecule has 1 heterocycles. The third kappa shape index (κ3) is 2.15. The summed E-state index contributed by atoms with van der Waals surface area (Å²) in [4.78, 5) is 15.4. The van der Waals surface area contributed by atoms with Crippen LogP contribution in [0.1, 0.15) is 36.8 Å². The third-order valence-electron chi connectivity index (χ3n) is 1.88. The molecule has 0 radical (unpaired) electrons. The average molecular weight is 181 g/mol. The molecule has 0 amide bonds. The fourth-order valence-corrected chi connectivity index (χ4v) is 1.19. The standard InChI is InChI=1S/C9H15N3O/c1-7(2)12-6-11-5-8(12)9(13)3-4-10/h5-7H,3-4,10H2,1-2H3.